The summed E-state index contributed by atoms with van der Waals surface area (Å²) in [7, 11) is -2.51. The molecule has 0 nitrogen and oxygen atoms in total. The van der Waals surface area contributed by atoms with Crippen molar-refractivity contribution in [3.8, 4) is 0 Å². The van der Waals surface area contributed by atoms with Crippen LogP contribution in [0.25, 0.3) is 11.1 Å². The van der Waals surface area contributed by atoms with E-state index in [1.807, 2.05) is 0 Å². The zero-order chi connectivity index (χ0) is 20.1. The zero-order valence-electron chi connectivity index (χ0n) is 18.3. The molecule has 2 heteroatoms. The van der Waals surface area contributed by atoms with E-state index in [1.165, 1.54) is 11.1 Å². The Bertz CT molecular complexity index is 871. The molecule has 0 saturated carbocycles. The average molecular weight is 403 g/mol. The standard InChI is InChI=1S/C26H34Si2/c1-27(2,3)25-17-19(21-11-7-9-13-23(21)25)15-16-20-18-26(28(4,5)6)24-14-10-8-12-22(20)24/h7-14,17-18,25-26H,15-16H2,1-6H3/t25-,26-/m1/s1. The van der Waals surface area contributed by atoms with E-state index in [0.717, 1.165) is 12.8 Å². The van der Waals surface area contributed by atoms with Gasteiger partial charge in [-0.2, -0.15) is 0 Å². The van der Waals surface area contributed by atoms with Crippen molar-refractivity contribution in [2.75, 3.05) is 0 Å². The fourth-order valence-electron chi connectivity index (χ4n) is 5.02. The van der Waals surface area contributed by atoms with Gasteiger partial charge in [-0.25, -0.2) is 0 Å². The normalized spacial score (nSPS) is 21.2. The van der Waals surface area contributed by atoms with Crippen LogP contribution in [-0.4, -0.2) is 16.1 Å². The lowest BCUT2D eigenvalue weighted by molar-refractivity contribution is 1.09. The highest BCUT2D eigenvalue weighted by Crippen LogP contribution is 2.46. The zero-order valence-corrected chi connectivity index (χ0v) is 20.3. The molecule has 0 amide bonds. The van der Waals surface area contributed by atoms with Gasteiger partial charge in [-0.05, 0) is 57.3 Å². The summed E-state index contributed by atoms with van der Waals surface area (Å²) in [6, 6.07) is 18.3. The summed E-state index contributed by atoms with van der Waals surface area (Å²) in [4.78, 5) is 0. The first-order valence-corrected chi connectivity index (χ1v) is 17.9. The van der Waals surface area contributed by atoms with Crippen LogP contribution in [0.2, 0.25) is 39.3 Å². The summed E-state index contributed by atoms with van der Waals surface area (Å²) in [5, 5.41) is 0. The van der Waals surface area contributed by atoms with E-state index in [1.54, 1.807) is 22.3 Å². The number of allylic oxidation sites excluding steroid dienone is 4. The molecule has 0 saturated heterocycles. The largest absolute Gasteiger partial charge is 0.0759 e. The molecule has 0 fully saturated rings. The molecule has 2 aromatic carbocycles. The van der Waals surface area contributed by atoms with Crippen LogP contribution in [0.15, 0.2) is 60.7 Å². The second-order valence-corrected chi connectivity index (χ2v) is 21.5. The van der Waals surface area contributed by atoms with Crippen LogP contribution in [0.3, 0.4) is 0 Å². The second kappa shape index (κ2) is 7.00. The molecular weight excluding hydrogens is 368 g/mol. The molecular formula is C26H34Si2. The van der Waals surface area contributed by atoms with Crippen molar-refractivity contribution in [1.82, 2.24) is 0 Å². The molecule has 0 N–H and O–H groups in total. The number of hydrogen-bond acceptors (Lipinski definition) is 0. The van der Waals surface area contributed by atoms with E-state index in [0.29, 0.717) is 11.1 Å². The van der Waals surface area contributed by atoms with Gasteiger partial charge in [-0.1, -0.05) is 100.0 Å². The Hall–Kier alpha value is -1.65. The molecule has 2 aliphatic rings. The van der Waals surface area contributed by atoms with Gasteiger partial charge in [0.1, 0.15) is 0 Å². The van der Waals surface area contributed by atoms with Crippen LogP contribution in [-0.2, 0) is 0 Å². The van der Waals surface area contributed by atoms with Crippen molar-refractivity contribution in [2.24, 2.45) is 0 Å². The highest BCUT2D eigenvalue weighted by atomic mass is 28.3. The minimum atomic E-state index is -1.26. The number of hydrogen-bond donors (Lipinski definition) is 0. The maximum atomic E-state index is 2.62. The summed E-state index contributed by atoms with van der Waals surface area (Å²) < 4.78 is 0. The van der Waals surface area contributed by atoms with Gasteiger partial charge in [0, 0.05) is 0 Å². The number of benzene rings is 2. The van der Waals surface area contributed by atoms with Crippen molar-refractivity contribution in [3.05, 3.63) is 82.9 Å². The fraction of sp³-hybridized carbons (Fsp3) is 0.385. The van der Waals surface area contributed by atoms with Crippen LogP contribution >= 0.6 is 0 Å². The molecule has 0 aromatic heterocycles. The van der Waals surface area contributed by atoms with Crippen molar-refractivity contribution in [2.45, 2.75) is 63.2 Å². The van der Waals surface area contributed by atoms with Gasteiger partial charge in [-0.15, -0.1) is 0 Å². The van der Waals surface area contributed by atoms with Gasteiger partial charge < -0.3 is 0 Å². The predicted octanol–water partition coefficient (Wildman–Crippen LogP) is 7.88. The highest BCUT2D eigenvalue weighted by Gasteiger charge is 2.35. The van der Waals surface area contributed by atoms with Crippen molar-refractivity contribution >= 4 is 27.3 Å². The lowest BCUT2D eigenvalue weighted by Crippen LogP contribution is -2.28. The maximum Gasteiger partial charge on any atom is 0.0566 e. The van der Waals surface area contributed by atoms with Gasteiger partial charge in [0.15, 0.2) is 0 Å². The molecule has 0 bridgehead atoms. The third-order valence-corrected chi connectivity index (χ3v) is 11.2. The molecule has 0 spiro atoms. The molecule has 0 heterocycles. The lowest BCUT2D eigenvalue weighted by atomic mass is 9.97. The molecule has 0 unspecified atom stereocenters. The van der Waals surface area contributed by atoms with E-state index in [2.05, 4.69) is 100.0 Å². The van der Waals surface area contributed by atoms with Crippen LogP contribution in [0.4, 0.5) is 0 Å². The van der Waals surface area contributed by atoms with E-state index >= 15 is 0 Å². The molecule has 2 atom stereocenters. The molecule has 28 heavy (non-hydrogen) atoms. The van der Waals surface area contributed by atoms with Crippen molar-refractivity contribution in [1.29, 1.82) is 0 Å². The van der Waals surface area contributed by atoms with E-state index < -0.39 is 16.1 Å². The van der Waals surface area contributed by atoms with Crippen LogP contribution < -0.4 is 0 Å². The highest BCUT2D eigenvalue weighted by molar-refractivity contribution is 6.78. The minimum absolute atomic E-state index is 0.665. The Balaban J connectivity index is 1.62. The summed E-state index contributed by atoms with van der Waals surface area (Å²) >= 11 is 0. The van der Waals surface area contributed by atoms with Crippen LogP contribution in [0.5, 0.6) is 0 Å². The predicted molar refractivity (Wildman–Crippen MR) is 130 cm³/mol. The molecule has 2 aliphatic carbocycles. The third kappa shape index (κ3) is 3.53. The SMILES string of the molecule is C[Si](C)(C)[C@@H]1C=C(CCC2=C[C@@H]([Si](C)(C)C)c3ccccc32)c2ccccc21. The van der Waals surface area contributed by atoms with Crippen LogP contribution in [0, 0.1) is 0 Å². The Morgan fingerprint density at radius 2 is 0.929 bits per heavy atom. The Morgan fingerprint density at radius 3 is 1.29 bits per heavy atom. The third-order valence-electron chi connectivity index (χ3n) is 6.55. The number of rotatable bonds is 5. The minimum Gasteiger partial charge on any atom is -0.0759 e. The van der Waals surface area contributed by atoms with Gasteiger partial charge in [0.05, 0.1) is 16.1 Å². The van der Waals surface area contributed by atoms with E-state index in [-0.39, 0.29) is 0 Å². The average Bonchev–Trinajstić information content (AvgIpc) is 3.18. The first-order chi connectivity index (χ1) is 13.2. The molecule has 0 radical (unpaired) electrons. The fourth-order valence-corrected chi connectivity index (χ4v) is 8.79. The molecule has 4 rings (SSSR count). The lowest BCUT2D eigenvalue weighted by Gasteiger charge is -2.24. The molecule has 146 valence electrons. The second-order valence-electron chi connectivity index (χ2n) is 10.7. The van der Waals surface area contributed by atoms with Gasteiger partial charge in [0.2, 0.25) is 0 Å². The smallest absolute Gasteiger partial charge is 0.0566 e. The van der Waals surface area contributed by atoms with E-state index in [9.17, 15) is 0 Å². The quantitative estimate of drug-likeness (QED) is 0.446. The van der Waals surface area contributed by atoms with Gasteiger partial charge >= 0.3 is 0 Å². The Morgan fingerprint density at radius 1 is 0.571 bits per heavy atom. The summed E-state index contributed by atoms with van der Waals surface area (Å²) in [5.41, 5.74) is 10.7. The Labute approximate surface area is 173 Å². The van der Waals surface area contributed by atoms with Crippen LogP contribution in [0.1, 0.15) is 46.2 Å². The first kappa shape index (κ1) is 19.7. The number of fused-ring (bicyclic) bond motifs is 2. The first-order valence-electron chi connectivity index (χ1n) is 10.8. The summed E-state index contributed by atoms with van der Waals surface area (Å²) in [5.74, 6) is 0. The van der Waals surface area contributed by atoms with Gasteiger partial charge in [0.25, 0.3) is 0 Å². The molecule has 2 aromatic rings. The Kier molecular flexibility index (Phi) is 4.91. The topological polar surface area (TPSA) is 0 Å². The summed E-state index contributed by atoms with van der Waals surface area (Å²) in [6.07, 6.45) is 7.57. The molecule has 0 aliphatic heterocycles. The monoisotopic (exact) mass is 402 g/mol. The van der Waals surface area contributed by atoms with Crippen molar-refractivity contribution in [3.63, 3.8) is 0 Å². The van der Waals surface area contributed by atoms with Gasteiger partial charge in [-0.3, -0.25) is 0 Å². The van der Waals surface area contributed by atoms with E-state index in [4.69, 9.17) is 0 Å². The summed E-state index contributed by atoms with van der Waals surface area (Å²) in [6.45, 7) is 15.0. The van der Waals surface area contributed by atoms with Crippen molar-refractivity contribution < 1.29 is 0 Å². The maximum absolute atomic E-state index is 2.62.